The van der Waals surface area contributed by atoms with Gasteiger partial charge in [0.25, 0.3) is 0 Å². The Hall–Kier alpha value is -2.70. The predicted molar refractivity (Wildman–Crippen MR) is 102 cm³/mol. The zero-order valence-electron chi connectivity index (χ0n) is 15.5. The number of rotatable bonds is 4. The van der Waals surface area contributed by atoms with Crippen LogP contribution >= 0.6 is 0 Å². The molecule has 1 aliphatic heterocycles. The Morgan fingerprint density at radius 1 is 1.00 bits per heavy atom. The highest BCUT2D eigenvalue weighted by Gasteiger charge is 2.31. The fourth-order valence-corrected chi connectivity index (χ4v) is 3.27. The van der Waals surface area contributed by atoms with E-state index >= 15 is 0 Å². The fourth-order valence-electron chi connectivity index (χ4n) is 3.27. The number of benzene rings is 2. The van der Waals surface area contributed by atoms with Gasteiger partial charge in [0.15, 0.2) is 0 Å². The Labute approximate surface area is 162 Å². The van der Waals surface area contributed by atoms with Crippen molar-refractivity contribution in [2.45, 2.75) is 38.5 Å². The van der Waals surface area contributed by atoms with Crippen molar-refractivity contribution in [3.8, 4) is 0 Å². The number of carbonyl (C=O) groups is 1. The molecule has 150 valence electrons. The molecule has 1 amide bonds. The van der Waals surface area contributed by atoms with Gasteiger partial charge < -0.3 is 9.64 Å². The zero-order valence-corrected chi connectivity index (χ0v) is 15.5. The molecule has 2 aromatic rings. The van der Waals surface area contributed by atoms with Gasteiger partial charge in [0.2, 0.25) is 0 Å². The quantitative estimate of drug-likeness (QED) is 0.711. The number of halogens is 3. The van der Waals surface area contributed by atoms with Crippen LogP contribution in [0.2, 0.25) is 0 Å². The van der Waals surface area contributed by atoms with Gasteiger partial charge in [0.05, 0.1) is 16.9 Å². The summed E-state index contributed by atoms with van der Waals surface area (Å²) in [6.45, 7) is 1.54. The van der Waals surface area contributed by atoms with E-state index in [4.69, 9.17) is 4.74 Å². The Morgan fingerprint density at radius 3 is 2.32 bits per heavy atom. The summed E-state index contributed by atoms with van der Waals surface area (Å²) in [5.41, 5.74) is 0.709. The van der Waals surface area contributed by atoms with Crippen molar-refractivity contribution in [3.05, 3.63) is 59.7 Å². The third-order valence-corrected chi connectivity index (χ3v) is 4.72. The van der Waals surface area contributed by atoms with Crippen LogP contribution in [0.3, 0.4) is 0 Å². The highest BCUT2D eigenvalue weighted by atomic mass is 19.4. The standard InChI is InChI=1S/C21H23F3N2O2/c22-21(23,24)17-10-11-19(26-12-6-1-2-7-13-26)18(14-17)25-20(27)28-15-16-8-4-3-5-9-16/h3-5,8-11,14H,1-2,6-7,12-13,15H2,(H,25,27). The van der Waals surface area contributed by atoms with E-state index in [1.165, 1.54) is 6.07 Å². The molecule has 0 spiro atoms. The molecule has 0 saturated carbocycles. The van der Waals surface area contributed by atoms with Crippen LogP contribution in [0.4, 0.5) is 29.3 Å². The zero-order chi connectivity index (χ0) is 20.0. The molecule has 7 heteroatoms. The molecule has 2 aromatic carbocycles. The molecule has 0 unspecified atom stereocenters. The monoisotopic (exact) mass is 392 g/mol. The summed E-state index contributed by atoms with van der Waals surface area (Å²) < 4.78 is 44.6. The second-order valence-corrected chi connectivity index (χ2v) is 6.82. The SMILES string of the molecule is O=C(Nc1cc(C(F)(F)F)ccc1N1CCCCCC1)OCc1ccccc1. The number of nitrogens with zero attached hydrogens (tertiary/aromatic N) is 1. The predicted octanol–water partition coefficient (Wildman–Crippen LogP) is 5.83. The summed E-state index contributed by atoms with van der Waals surface area (Å²) in [4.78, 5) is 14.2. The Kier molecular flexibility index (Phi) is 6.44. The normalized spacial score (nSPS) is 15.0. The van der Waals surface area contributed by atoms with E-state index in [-0.39, 0.29) is 12.3 Å². The van der Waals surface area contributed by atoms with Crippen LogP contribution in [0, 0.1) is 0 Å². The van der Waals surface area contributed by atoms with Gasteiger partial charge in [-0.1, -0.05) is 43.2 Å². The number of carbonyl (C=O) groups excluding carboxylic acids is 1. The van der Waals surface area contributed by atoms with Crippen molar-refractivity contribution in [3.63, 3.8) is 0 Å². The van der Waals surface area contributed by atoms with Crippen LogP contribution in [-0.4, -0.2) is 19.2 Å². The van der Waals surface area contributed by atoms with Crippen LogP contribution in [0.5, 0.6) is 0 Å². The number of alkyl halides is 3. The number of hydrogen-bond donors (Lipinski definition) is 1. The van der Waals surface area contributed by atoms with Gasteiger partial charge in [-0.15, -0.1) is 0 Å². The Bertz CT molecular complexity index is 786. The first-order chi connectivity index (χ1) is 13.4. The van der Waals surface area contributed by atoms with E-state index < -0.39 is 17.8 Å². The van der Waals surface area contributed by atoms with Crippen molar-refractivity contribution in [2.75, 3.05) is 23.3 Å². The fraction of sp³-hybridized carbons (Fsp3) is 0.381. The van der Waals surface area contributed by atoms with Crippen LogP contribution in [0.1, 0.15) is 36.8 Å². The van der Waals surface area contributed by atoms with Crippen LogP contribution in [0.15, 0.2) is 48.5 Å². The van der Waals surface area contributed by atoms with Gasteiger partial charge in [-0.25, -0.2) is 4.79 Å². The average Bonchev–Trinajstić information content (AvgIpc) is 2.96. The lowest BCUT2D eigenvalue weighted by molar-refractivity contribution is -0.137. The summed E-state index contributed by atoms with van der Waals surface area (Å²) in [5.74, 6) is 0. The lowest BCUT2D eigenvalue weighted by atomic mass is 10.1. The van der Waals surface area contributed by atoms with Crippen LogP contribution < -0.4 is 10.2 Å². The molecule has 0 radical (unpaired) electrons. The number of ether oxygens (including phenoxy) is 1. The molecule has 1 N–H and O–H groups in total. The number of nitrogens with one attached hydrogen (secondary N) is 1. The summed E-state index contributed by atoms with van der Waals surface area (Å²) in [6, 6.07) is 12.6. The third-order valence-electron chi connectivity index (χ3n) is 4.72. The smallest absolute Gasteiger partial charge is 0.416 e. The molecule has 1 heterocycles. The molecule has 3 rings (SSSR count). The molecule has 0 aromatic heterocycles. The van der Waals surface area contributed by atoms with E-state index in [1.807, 2.05) is 23.1 Å². The summed E-state index contributed by atoms with van der Waals surface area (Å²) in [6.07, 6.45) is -1.13. The van der Waals surface area contributed by atoms with Gasteiger partial charge in [-0.2, -0.15) is 13.2 Å². The highest BCUT2D eigenvalue weighted by molar-refractivity contribution is 5.90. The average molecular weight is 392 g/mol. The van der Waals surface area contributed by atoms with Gasteiger partial charge in [-0.05, 0) is 36.6 Å². The van der Waals surface area contributed by atoms with Crippen molar-refractivity contribution in [1.29, 1.82) is 0 Å². The largest absolute Gasteiger partial charge is 0.444 e. The lowest BCUT2D eigenvalue weighted by Gasteiger charge is -2.26. The molecular formula is C21H23F3N2O2. The minimum Gasteiger partial charge on any atom is -0.444 e. The summed E-state index contributed by atoms with van der Waals surface area (Å²) >= 11 is 0. The minimum atomic E-state index is -4.48. The highest BCUT2D eigenvalue weighted by Crippen LogP contribution is 2.36. The molecule has 0 aliphatic carbocycles. The maximum Gasteiger partial charge on any atom is 0.416 e. The summed E-state index contributed by atoms with van der Waals surface area (Å²) in [7, 11) is 0. The van der Waals surface area contributed by atoms with Gasteiger partial charge in [-0.3, -0.25) is 5.32 Å². The van der Waals surface area contributed by atoms with E-state index in [2.05, 4.69) is 5.32 Å². The van der Waals surface area contributed by atoms with Crippen LogP contribution in [-0.2, 0) is 17.5 Å². The third kappa shape index (κ3) is 5.41. The first-order valence-electron chi connectivity index (χ1n) is 9.37. The number of anilines is 2. The topological polar surface area (TPSA) is 41.6 Å². The number of hydrogen-bond acceptors (Lipinski definition) is 3. The Balaban J connectivity index is 1.78. The molecule has 4 nitrogen and oxygen atoms in total. The molecule has 1 aliphatic rings. The van der Waals surface area contributed by atoms with Gasteiger partial charge in [0, 0.05) is 13.1 Å². The minimum absolute atomic E-state index is 0.0463. The molecule has 0 atom stereocenters. The van der Waals surface area contributed by atoms with E-state index in [1.54, 1.807) is 12.1 Å². The van der Waals surface area contributed by atoms with Crippen molar-refractivity contribution in [2.24, 2.45) is 0 Å². The van der Waals surface area contributed by atoms with Crippen LogP contribution in [0.25, 0.3) is 0 Å². The molecule has 0 bridgehead atoms. The van der Waals surface area contributed by atoms with Crippen molar-refractivity contribution >= 4 is 17.5 Å². The maximum absolute atomic E-state index is 13.2. The first-order valence-corrected chi connectivity index (χ1v) is 9.37. The molecule has 1 fully saturated rings. The van der Waals surface area contributed by atoms with Gasteiger partial charge >= 0.3 is 12.3 Å². The Morgan fingerprint density at radius 2 is 1.68 bits per heavy atom. The molecule has 28 heavy (non-hydrogen) atoms. The first kappa shape index (κ1) is 20.0. The number of amides is 1. The second-order valence-electron chi connectivity index (χ2n) is 6.82. The van der Waals surface area contributed by atoms with E-state index in [9.17, 15) is 18.0 Å². The molecular weight excluding hydrogens is 369 g/mol. The van der Waals surface area contributed by atoms with Crippen molar-refractivity contribution < 1.29 is 22.7 Å². The maximum atomic E-state index is 13.2. The van der Waals surface area contributed by atoms with Crippen molar-refractivity contribution in [1.82, 2.24) is 0 Å². The van der Waals surface area contributed by atoms with Gasteiger partial charge in [0.1, 0.15) is 6.61 Å². The summed E-state index contributed by atoms with van der Waals surface area (Å²) in [5, 5.41) is 2.51. The lowest BCUT2D eigenvalue weighted by Crippen LogP contribution is -2.26. The molecule has 1 saturated heterocycles. The van der Waals surface area contributed by atoms with E-state index in [0.717, 1.165) is 56.5 Å². The van der Waals surface area contributed by atoms with E-state index in [0.29, 0.717) is 5.69 Å². The second kappa shape index (κ2) is 8.99.